The summed E-state index contributed by atoms with van der Waals surface area (Å²) in [6, 6.07) is 12.9. The molecule has 1 unspecified atom stereocenters. The van der Waals surface area contributed by atoms with Crippen molar-refractivity contribution in [1.82, 2.24) is 5.32 Å². The van der Waals surface area contributed by atoms with E-state index in [9.17, 15) is 9.90 Å². The number of carbonyl (C=O) groups is 1. The molecular weight excluding hydrogens is 286 g/mol. The lowest BCUT2D eigenvalue weighted by Gasteiger charge is -2.25. The fourth-order valence-corrected chi connectivity index (χ4v) is 2.95. The molecule has 0 aliphatic heterocycles. The van der Waals surface area contributed by atoms with Gasteiger partial charge in [-0.2, -0.15) is 0 Å². The monoisotopic (exact) mass is 301 g/mol. The maximum absolute atomic E-state index is 12.2. The fourth-order valence-electron chi connectivity index (χ4n) is 2.78. The van der Waals surface area contributed by atoms with Crippen LogP contribution in [0.2, 0.25) is 5.02 Å². The smallest absolute Gasteiger partial charge is 0.255 e. The minimum absolute atomic E-state index is 0.0868. The van der Waals surface area contributed by atoms with Crippen LogP contribution in [0.4, 0.5) is 0 Å². The number of benzene rings is 2. The Morgan fingerprint density at radius 2 is 1.95 bits per heavy atom. The molecule has 0 fully saturated rings. The second-order valence-corrected chi connectivity index (χ2v) is 5.78. The lowest BCUT2D eigenvalue weighted by Crippen LogP contribution is -2.38. The van der Waals surface area contributed by atoms with Crippen LogP contribution < -0.4 is 5.32 Å². The molecule has 108 valence electrons. The van der Waals surface area contributed by atoms with Gasteiger partial charge in [-0.15, -0.1) is 0 Å². The summed E-state index contributed by atoms with van der Waals surface area (Å²) in [6.07, 6.45) is 2.71. The van der Waals surface area contributed by atoms with Crippen molar-refractivity contribution in [1.29, 1.82) is 0 Å². The minimum atomic E-state index is -0.256. The molecule has 1 atom stereocenters. The maximum atomic E-state index is 12.2. The molecule has 0 radical (unpaired) electrons. The Kier molecular flexibility index (Phi) is 3.84. The van der Waals surface area contributed by atoms with Gasteiger partial charge in [-0.05, 0) is 48.6 Å². The van der Waals surface area contributed by atoms with Crippen LogP contribution in [-0.4, -0.2) is 17.1 Å². The maximum Gasteiger partial charge on any atom is 0.255 e. The molecule has 3 nitrogen and oxygen atoms in total. The summed E-state index contributed by atoms with van der Waals surface area (Å²) < 4.78 is 0. The summed E-state index contributed by atoms with van der Waals surface area (Å²) in [6.45, 7) is 0. The van der Waals surface area contributed by atoms with Gasteiger partial charge in [0, 0.05) is 11.1 Å². The van der Waals surface area contributed by atoms with Gasteiger partial charge in [-0.25, -0.2) is 0 Å². The molecule has 1 aliphatic rings. The number of amides is 1. The number of hydrogen-bond acceptors (Lipinski definition) is 2. The number of aromatic hydroxyl groups is 1. The van der Waals surface area contributed by atoms with Gasteiger partial charge >= 0.3 is 0 Å². The van der Waals surface area contributed by atoms with Crippen molar-refractivity contribution in [3.05, 3.63) is 64.2 Å². The second-order valence-electron chi connectivity index (χ2n) is 5.34. The van der Waals surface area contributed by atoms with E-state index in [-0.39, 0.29) is 23.3 Å². The topological polar surface area (TPSA) is 49.3 Å². The number of phenolic OH excluding ortho intramolecular Hbond substituents is 1. The number of phenols is 1. The van der Waals surface area contributed by atoms with E-state index in [2.05, 4.69) is 17.4 Å². The molecule has 0 heterocycles. The Hall–Kier alpha value is -2.00. The van der Waals surface area contributed by atoms with Gasteiger partial charge in [0.05, 0.1) is 5.56 Å². The van der Waals surface area contributed by atoms with Crippen LogP contribution in [0, 0.1) is 0 Å². The number of carbonyl (C=O) groups excluding carboxylic acids is 1. The summed E-state index contributed by atoms with van der Waals surface area (Å²) in [4.78, 5) is 12.2. The van der Waals surface area contributed by atoms with Gasteiger partial charge in [-0.3, -0.25) is 4.79 Å². The quantitative estimate of drug-likeness (QED) is 0.894. The van der Waals surface area contributed by atoms with Gasteiger partial charge in [0.15, 0.2) is 0 Å². The van der Waals surface area contributed by atoms with Gasteiger partial charge in [0.2, 0.25) is 0 Å². The highest BCUT2D eigenvalue weighted by Gasteiger charge is 2.21. The van der Waals surface area contributed by atoms with Crippen LogP contribution >= 0.6 is 11.6 Å². The van der Waals surface area contributed by atoms with Crippen LogP contribution in [0.15, 0.2) is 42.5 Å². The Bertz CT molecular complexity index is 684. The molecule has 0 saturated carbocycles. The van der Waals surface area contributed by atoms with Crippen molar-refractivity contribution < 1.29 is 9.90 Å². The number of fused-ring (bicyclic) bond motifs is 1. The van der Waals surface area contributed by atoms with Crippen molar-refractivity contribution in [3.8, 4) is 5.75 Å². The van der Waals surface area contributed by atoms with Gasteiger partial charge in [-0.1, -0.05) is 35.9 Å². The highest BCUT2D eigenvalue weighted by atomic mass is 35.5. The molecule has 0 saturated heterocycles. The standard InChI is InChI=1S/C17H16ClNO2/c18-13-6-8-15(16(20)10-13)17(21)19-14-7-5-11-3-1-2-4-12(11)9-14/h1-4,6,8,10,14,20H,5,7,9H2,(H,19,21). The summed E-state index contributed by atoms with van der Waals surface area (Å²) >= 11 is 5.78. The molecule has 0 aromatic heterocycles. The molecule has 4 heteroatoms. The van der Waals surface area contributed by atoms with Crippen molar-refractivity contribution in [2.75, 3.05) is 0 Å². The second kappa shape index (κ2) is 5.78. The number of rotatable bonds is 2. The third-order valence-electron chi connectivity index (χ3n) is 3.89. The predicted molar refractivity (Wildman–Crippen MR) is 82.8 cm³/mol. The lowest BCUT2D eigenvalue weighted by atomic mass is 9.88. The van der Waals surface area contributed by atoms with Gasteiger partial charge in [0.1, 0.15) is 5.75 Å². The molecule has 2 aromatic carbocycles. The van der Waals surface area contributed by atoms with Crippen molar-refractivity contribution >= 4 is 17.5 Å². The Morgan fingerprint density at radius 3 is 2.71 bits per heavy atom. The lowest BCUT2D eigenvalue weighted by molar-refractivity contribution is 0.0931. The molecule has 3 rings (SSSR count). The third-order valence-corrected chi connectivity index (χ3v) is 4.12. The SMILES string of the molecule is O=C(NC1CCc2ccccc2C1)c1ccc(Cl)cc1O. The number of halogens is 1. The molecule has 1 aliphatic carbocycles. The highest BCUT2D eigenvalue weighted by Crippen LogP contribution is 2.24. The molecule has 0 bridgehead atoms. The van der Waals surface area contributed by atoms with Crippen LogP contribution in [0.25, 0.3) is 0 Å². The zero-order valence-electron chi connectivity index (χ0n) is 11.5. The third kappa shape index (κ3) is 3.03. The minimum Gasteiger partial charge on any atom is -0.507 e. The van der Waals surface area contributed by atoms with E-state index in [1.807, 2.05) is 12.1 Å². The van der Waals surface area contributed by atoms with Crippen molar-refractivity contribution in [3.63, 3.8) is 0 Å². The molecule has 2 aromatic rings. The van der Waals surface area contributed by atoms with Crippen molar-refractivity contribution in [2.24, 2.45) is 0 Å². The summed E-state index contributed by atoms with van der Waals surface area (Å²) in [5.41, 5.74) is 2.91. The van der Waals surface area contributed by atoms with Crippen LogP contribution in [0.5, 0.6) is 5.75 Å². The normalized spacial score (nSPS) is 17.1. The number of hydrogen-bond donors (Lipinski definition) is 2. The zero-order valence-corrected chi connectivity index (χ0v) is 12.2. The Labute approximate surface area is 128 Å². The first-order valence-electron chi connectivity index (χ1n) is 6.99. The average molecular weight is 302 g/mol. The van der Waals surface area contributed by atoms with E-state index < -0.39 is 0 Å². The van der Waals surface area contributed by atoms with Crippen molar-refractivity contribution in [2.45, 2.75) is 25.3 Å². The largest absolute Gasteiger partial charge is 0.507 e. The predicted octanol–water partition coefficient (Wildman–Crippen LogP) is 3.33. The van der Waals surface area contributed by atoms with E-state index in [4.69, 9.17) is 11.6 Å². The number of nitrogens with one attached hydrogen (secondary N) is 1. The van der Waals surface area contributed by atoms with Crippen LogP contribution in [0.3, 0.4) is 0 Å². The average Bonchev–Trinajstić information content (AvgIpc) is 2.47. The van der Waals surface area contributed by atoms with E-state index >= 15 is 0 Å². The van der Waals surface area contributed by atoms with E-state index in [0.717, 1.165) is 19.3 Å². The first-order valence-corrected chi connectivity index (χ1v) is 7.37. The van der Waals surface area contributed by atoms with Crippen LogP contribution in [0.1, 0.15) is 27.9 Å². The summed E-state index contributed by atoms with van der Waals surface area (Å²) in [5, 5.41) is 13.2. The first kappa shape index (κ1) is 14.0. The molecule has 1 amide bonds. The molecular formula is C17H16ClNO2. The highest BCUT2D eigenvalue weighted by molar-refractivity contribution is 6.30. The molecule has 21 heavy (non-hydrogen) atoms. The van der Waals surface area contributed by atoms with Gasteiger partial charge < -0.3 is 10.4 Å². The number of aryl methyl sites for hydroxylation is 1. The van der Waals surface area contributed by atoms with E-state index in [1.54, 1.807) is 12.1 Å². The molecule has 2 N–H and O–H groups in total. The van der Waals surface area contributed by atoms with Gasteiger partial charge in [0.25, 0.3) is 5.91 Å². The summed E-state index contributed by atoms with van der Waals surface area (Å²) in [5.74, 6) is -0.343. The Morgan fingerprint density at radius 1 is 1.19 bits per heavy atom. The van der Waals surface area contributed by atoms with E-state index in [0.29, 0.717) is 5.02 Å². The first-order chi connectivity index (χ1) is 10.1. The van der Waals surface area contributed by atoms with E-state index in [1.165, 1.54) is 17.2 Å². The zero-order chi connectivity index (χ0) is 14.8. The molecule has 0 spiro atoms. The summed E-state index contributed by atoms with van der Waals surface area (Å²) in [7, 11) is 0. The fraction of sp³-hybridized carbons (Fsp3) is 0.235. The Balaban J connectivity index is 1.71. The van der Waals surface area contributed by atoms with Crippen LogP contribution in [-0.2, 0) is 12.8 Å².